The van der Waals surface area contributed by atoms with Crippen LogP contribution in [0.3, 0.4) is 0 Å². The maximum atomic E-state index is 12.6. The van der Waals surface area contributed by atoms with Gasteiger partial charge < -0.3 is 9.57 Å². The number of carbonyl (C=O) groups is 1. The zero-order chi connectivity index (χ0) is 20.1. The van der Waals surface area contributed by atoms with Crippen LogP contribution in [0.2, 0.25) is 0 Å². The Morgan fingerprint density at radius 1 is 1.25 bits per heavy atom. The third kappa shape index (κ3) is 4.30. The number of rotatable bonds is 7. The fraction of sp³-hybridized carbons (Fsp3) is 0.222. The molecule has 0 aliphatic carbocycles. The van der Waals surface area contributed by atoms with Gasteiger partial charge in [-0.05, 0) is 42.0 Å². The van der Waals surface area contributed by atoms with Gasteiger partial charge in [-0.2, -0.15) is 0 Å². The SMILES string of the molecule is COc1ccc(C2=NOC(CNS(=O)(=O)c3ccccc3C(=O)NN)C2)cc1. The summed E-state index contributed by atoms with van der Waals surface area (Å²) >= 11 is 0. The summed E-state index contributed by atoms with van der Waals surface area (Å²) in [5.74, 6) is 5.16. The molecular formula is C18H20N4O5S. The van der Waals surface area contributed by atoms with E-state index in [4.69, 9.17) is 15.4 Å². The van der Waals surface area contributed by atoms with Crippen molar-refractivity contribution in [2.45, 2.75) is 17.4 Å². The van der Waals surface area contributed by atoms with Crippen molar-refractivity contribution in [3.05, 3.63) is 59.7 Å². The summed E-state index contributed by atoms with van der Waals surface area (Å²) in [7, 11) is -2.35. The van der Waals surface area contributed by atoms with Crippen LogP contribution in [0.15, 0.2) is 58.6 Å². The van der Waals surface area contributed by atoms with Crippen molar-refractivity contribution in [2.75, 3.05) is 13.7 Å². The molecule has 1 amide bonds. The second-order valence-electron chi connectivity index (χ2n) is 6.02. The van der Waals surface area contributed by atoms with Crippen LogP contribution in [0.25, 0.3) is 0 Å². The third-order valence-electron chi connectivity index (χ3n) is 4.21. The van der Waals surface area contributed by atoms with Gasteiger partial charge >= 0.3 is 0 Å². The molecule has 0 radical (unpaired) electrons. The lowest BCUT2D eigenvalue weighted by Crippen LogP contribution is -2.35. The van der Waals surface area contributed by atoms with Gasteiger partial charge in [0.25, 0.3) is 5.91 Å². The molecule has 28 heavy (non-hydrogen) atoms. The molecule has 0 saturated heterocycles. The van der Waals surface area contributed by atoms with Gasteiger partial charge in [0, 0.05) is 6.42 Å². The first-order valence-electron chi connectivity index (χ1n) is 8.41. The maximum absolute atomic E-state index is 12.6. The Bertz CT molecular complexity index is 989. The second-order valence-corrected chi connectivity index (χ2v) is 7.75. The van der Waals surface area contributed by atoms with E-state index in [0.29, 0.717) is 6.42 Å². The molecule has 1 aliphatic rings. The molecule has 0 aromatic heterocycles. The number of benzene rings is 2. The van der Waals surface area contributed by atoms with Crippen LogP contribution in [-0.2, 0) is 14.9 Å². The predicted octanol–water partition coefficient (Wildman–Crippen LogP) is 0.770. The standard InChI is InChI=1S/C18H20N4O5S/c1-26-13-8-6-12(7-9-13)16-10-14(27-22-16)11-20-28(24,25)17-5-3-2-4-15(17)18(23)21-19/h2-9,14,20H,10-11,19H2,1H3,(H,21,23). The Morgan fingerprint density at radius 3 is 2.64 bits per heavy atom. The summed E-state index contributed by atoms with van der Waals surface area (Å²) in [5, 5.41) is 4.04. The smallest absolute Gasteiger partial charge is 0.266 e. The first kappa shape index (κ1) is 19.8. The van der Waals surface area contributed by atoms with Crippen molar-refractivity contribution >= 4 is 21.6 Å². The van der Waals surface area contributed by atoms with Gasteiger partial charge in [0.05, 0.1) is 29.8 Å². The van der Waals surface area contributed by atoms with Crippen LogP contribution in [0, 0.1) is 0 Å². The van der Waals surface area contributed by atoms with Crippen LogP contribution in [0.1, 0.15) is 22.3 Å². The molecule has 1 heterocycles. The number of carbonyl (C=O) groups excluding carboxylic acids is 1. The molecule has 148 valence electrons. The number of oxime groups is 1. The van der Waals surface area contributed by atoms with Gasteiger partial charge in [0.15, 0.2) is 0 Å². The minimum atomic E-state index is -3.94. The highest BCUT2D eigenvalue weighted by atomic mass is 32.2. The Labute approximate surface area is 162 Å². The summed E-state index contributed by atoms with van der Waals surface area (Å²) in [6.07, 6.45) is -0.0119. The van der Waals surface area contributed by atoms with Gasteiger partial charge in [0.1, 0.15) is 11.9 Å². The summed E-state index contributed by atoms with van der Waals surface area (Å²) in [4.78, 5) is 17.0. The van der Waals surface area contributed by atoms with Crippen molar-refractivity contribution in [2.24, 2.45) is 11.0 Å². The number of ether oxygens (including phenoxy) is 1. The van der Waals surface area contributed by atoms with Crippen LogP contribution in [-0.4, -0.2) is 39.8 Å². The lowest BCUT2D eigenvalue weighted by atomic mass is 10.1. The Morgan fingerprint density at radius 2 is 1.96 bits per heavy atom. The van der Waals surface area contributed by atoms with Crippen molar-refractivity contribution < 1.29 is 22.8 Å². The molecule has 0 bridgehead atoms. The number of sulfonamides is 1. The topological polar surface area (TPSA) is 132 Å². The van der Waals surface area contributed by atoms with Gasteiger partial charge in [-0.15, -0.1) is 0 Å². The molecule has 1 unspecified atom stereocenters. The largest absolute Gasteiger partial charge is 0.497 e. The van der Waals surface area contributed by atoms with Crippen LogP contribution >= 0.6 is 0 Å². The number of methoxy groups -OCH3 is 1. The number of hydrogen-bond acceptors (Lipinski definition) is 7. The maximum Gasteiger partial charge on any atom is 0.266 e. The highest BCUT2D eigenvalue weighted by Crippen LogP contribution is 2.20. The molecule has 0 spiro atoms. The monoisotopic (exact) mass is 404 g/mol. The van der Waals surface area contributed by atoms with Crippen molar-refractivity contribution in [1.82, 2.24) is 10.1 Å². The first-order chi connectivity index (χ1) is 13.4. The van der Waals surface area contributed by atoms with E-state index in [9.17, 15) is 13.2 Å². The van der Waals surface area contributed by atoms with Crippen LogP contribution < -0.4 is 20.7 Å². The fourth-order valence-electron chi connectivity index (χ4n) is 2.74. The Kier molecular flexibility index (Phi) is 5.93. The zero-order valence-corrected chi connectivity index (χ0v) is 15.9. The quantitative estimate of drug-likeness (QED) is 0.355. The Balaban J connectivity index is 1.64. The number of hydrazine groups is 1. The van der Waals surface area contributed by atoms with E-state index in [0.717, 1.165) is 17.0 Å². The summed E-state index contributed by atoms with van der Waals surface area (Å²) in [6, 6.07) is 13.1. The van der Waals surface area contributed by atoms with Gasteiger partial charge in [-0.25, -0.2) is 19.0 Å². The Hall–Kier alpha value is -2.95. The van der Waals surface area contributed by atoms with E-state index in [1.54, 1.807) is 13.2 Å². The molecule has 2 aromatic rings. The average Bonchev–Trinajstić information content (AvgIpc) is 3.21. The number of nitrogens with zero attached hydrogens (tertiary/aromatic N) is 1. The molecule has 0 saturated carbocycles. The van der Waals surface area contributed by atoms with Gasteiger partial charge in [-0.3, -0.25) is 10.2 Å². The number of nitrogens with one attached hydrogen (secondary N) is 2. The number of amides is 1. The zero-order valence-electron chi connectivity index (χ0n) is 15.1. The van der Waals surface area contributed by atoms with E-state index in [-0.39, 0.29) is 17.0 Å². The molecule has 4 N–H and O–H groups in total. The molecule has 1 atom stereocenters. The summed E-state index contributed by atoms with van der Waals surface area (Å²) in [6.45, 7) is 0.00403. The molecule has 9 nitrogen and oxygen atoms in total. The molecule has 1 aliphatic heterocycles. The predicted molar refractivity (Wildman–Crippen MR) is 102 cm³/mol. The second kappa shape index (κ2) is 8.38. The highest BCUT2D eigenvalue weighted by molar-refractivity contribution is 7.89. The van der Waals surface area contributed by atoms with Gasteiger partial charge in [0.2, 0.25) is 10.0 Å². The van der Waals surface area contributed by atoms with E-state index in [1.165, 1.54) is 18.2 Å². The fourth-order valence-corrected chi connectivity index (χ4v) is 4.01. The van der Waals surface area contributed by atoms with E-state index in [1.807, 2.05) is 29.7 Å². The summed E-state index contributed by atoms with van der Waals surface area (Å²) in [5.41, 5.74) is 3.49. The molecule has 3 rings (SSSR count). The average molecular weight is 404 g/mol. The summed E-state index contributed by atoms with van der Waals surface area (Å²) < 4.78 is 32.8. The van der Waals surface area contributed by atoms with Crippen molar-refractivity contribution in [3.8, 4) is 5.75 Å². The van der Waals surface area contributed by atoms with Gasteiger partial charge in [-0.1, -0.05) is 17.3 Å². The van der Waals surface area contributed by atoms with Crippen LogP contribution in [0.5, 0.6) is 5.75 Å². The van der Waals surface area contributed by atoms with Crippen LogP contribution in [0.4, 0.5) is 0 Å². The molecular weight excluding hydrogens is 384 g/mol. The molecule has 10 heteroatoms. The number of hydrogen-bond donors (Lipinski definition) is 3. The third-order valence-corrected chi connectivity index (χ3v) is 5.69. The first-order valence-corrected chi connectivity index (χ1v) is 9.89. The van der Waals surface area contributed by atoms with E-state index in [2.05, 4.69) is 9.88 Å². The minimum Gasteiger partial charge on any atom is -0.497 e. The lowest BCUT2D eigenvalue weighted by molar-refractivity contribution is 0.0891. The number of nitrogen functional groups attached to an aromatic ring is 1. The van der Waals surface area contributed by atoms with E-state index >= 15 is 0 Å². The normalized spacial score (nSPS) is 16.2. The minimum absolute atomic E-state index is 0.00403. The molecule has 0 fully saturated rings. The van der Waals surface area contributed by atoms with Crippen molar-refractivity contribution in [1.29, 1.82) is 0 Å². The number of nitrogens with two attached hydrogens (primary N) is 1. The van der Waals surface area contributed by atoms with E-state index < -0.39 is 22.0 Å². The lowest BCUT2D eigenvalue weighted by Gasteiger charge is -2.13. The van der Waals surface area contributed by atoms with Crippen molar-refractivity contribution in [3.63, 3.8) is 0 Å². The highest BCUT2D eigenvalue weighted by Gasteiger charge is 2.26. The molecule has 2 aromatic carbocycles.